The molecule has 2 rings (SSSR count). The van der Waals surface area contributed by atoms with Crippen molar-refractivity contribution >= 4 is 35.1 Å². The van der Waals surface area contributed by atoms with Crippen LogP contribution in [0.15, 0.2) is 23.2 Å². The average Bonchev–Trinajstić information content (AvgIpc) is 2.36. The lowest BCUT2D eigenvalue weighted by Crippen LogP contribution is -2.38. The standard InChI is InChI=1S/C16H15ClF3NO2/c1-15(2)6-13(22)10(14(23)7-15)8-21-12-4-3-9(17)5-11(12)16(18,19)20/h3-5,8,10H,6-7H2,1-2H3. The van der Waals surface area contributed by atoms with Gasteiger partial charge in [-0.25, -0.2) is 0 Å². The van der Waals surface area contributed by atoms with Crippen molar-refractivity contribution in [3.8, 4) is 0 Å². The lowest BCUT2D eigenvalue weighted by molar-refractivity contribution is -0.137. The summed E-state index contributed by atoms with van der Waals surface area (Å²) in [6.07, 6.45) is -3.22. The zero-order chi connectivity index (χ0) is 17.4. The van der Waals surface area contributed by atoms with Crippen molar-refractivity contribution in [2.24, 2.45) is 16.3 Å². The zero-order valence-corrected chi connectivity index (χ0v) is 13.3. The van der Waals surface area contributed by atoms with Crippen molar-refractivity contribution in [1.29, 1.82) is 0 Å². The van der Waals surface area contributed by atoms with Gasteiger partial charge in [-0.2, -0.15) is 13.2 Å². The lowest BCUT2D eigenvalue weighted by Gasteiger charge is -2.30. The molecule has 1 fully saturated rings. The second kappa shape index (κ2) is 6.07. The van der Waals surface area contributed by atoms with Gasteiger partial charge in [0.2, 0.25) is 0 Å². The van der Waals surface area contributed by atoms with Gasteiger partial charge in [-0.05, 0) is 23.6 Å². The zero-order valence-electron chi connectivity index (χ0n) is 12.6. The summed E-state index contributed by atoms with van der Waals surface area (Å²) >= 11 is 5.59. The van der Waals surface area contributed by atoms with E-state index in [9.17, 15) is 22.8 Å². The van der Waals surface area contributed by atoms with E-state index in [-0.39, 0.29) is 35.1 Å². The van der Waals surface area contributed by atoms with E-state index in [1.165, 1.54) is 6.07 Å². The van der Waals surface area contributed by atoms with Crippen LogP contribution in [0.3, 0.4) is 0 Å². The van der Waals surface area contributed by atoms with Crippen LogP contribution in [0.4, 0.5) is 18.9 Å². The minimum Gasteiger partial charge on any atom is -0.298 e. The first kappa shape index (κ1) is 17.7. The Morgan fingerprint density at radius 2 is 1.78 bits per heavy atom. The van der Waals surface area contributed by atoms with E-state index >= 15 is 0 Å². The van der Waals surface area contributed by atoms with Crippen LogP contribution in [-0.4, -0.2) is 17.8 Å². The number of ketones is 2. The van der Waals surface area contributed by atoms with Gasteiger partial charge in [0.1, 0.15) is 17.5 Å². The summed E-state index contributed by atoms with van der Waals surface area (Å²) in [6, 6.07) is 3.16. The van der Waals surface area contributed by atoms with Crippen LogP contribution in [0, 0.1) is 11.3 Å². The predicted octanol–water partition coefficient (Wildman–Crippen LogP) is 4.64. The fourth-order valence-corrected chi connectivity index (χ4v) is 2.75. The first-order valence-corrected chi connectivity index (χ1v) is 7.34. The molecule has 1 aliphatic carbocycles. The van der Waals surface area contributed by atoms with Crippen LogP contribution in [-0.2, 0) is 15.8 Å². The summed E-state index contributed by atoms with van der Waals surface area (Å²) in [5.41, 5.74) is -1.79. The van der Waals surface area contributed by atoms with Crippen molar-refractivity contribution in [1.82, 2.24) is 0 Å². The number of rotatable bonds is 2. The third-order valence-corrected chi connectivity index (χ3v) is 3.86. The molecule has 1 saturated carbocycles. The Balaban J connectivity index is 2.31. The minimum atomic E-state index is -4.62. The molecule has 0 heterocycles. The van der Waals surface area contributed by atoms with Crippen molar-refractivity contribution < 1.29 is 22.8 Å². The van der Waals surface area contributed by atoms with Gasteiger partial charge >= 0.3 is 6.18 Å². The SMILES string of the molecule is CC1(C)CC(=O)C(C=Nc2ccc(Cl)cc2C(F)(F)F)C(=O)C1. The Hall–Kier alpha value is -1.69. The maximum absolute atomic E-state index is 13.0. The van der Waals surface area contributed by atoms with Crippen LogP contribution in [0.5, 0.6) is 0 Å². The highest BCUT2D eigenvalue weighted by Crippen LogP contribution is 2.38. The van der Waals surface area contributed by atoms with E-state index in [1.807, 2.05) is 0 Å². The number of hydrogen-bond acceptors (Lipinski definition) is 3. The number of halogens is 4. The summed E-state index contributed by atoms with van der Waals surface area (Å²) in [7, 11) is 0. The van der Waals surface area contributed by atoms with Crippen molar-refractivity contribution in [3.05, 3.63) is 28.8 Å². The van der Waals surface area contributed by atoms with Crippen molar-refractivity contribution in [2.75, 3.05) is 0 Å². The maximum atomic E-state index is 13.0. The lowest BCUT2D eigenvalue weighted by atomic mass is 9.72. The number of nitrogens with zero attached hydrogens (tertiary/aromatic N) is 1. The van der Waals surface area contributed by atoms with E-state index in [0.717, 1.165) is 18.3 Å². The average molecular weight is 346 g/mol. The number of aliphatic imine (C=N–C) groups is 1. The minimum absolute atomic E-state index is 0.0668. The number of Topliss-reactive ketones (excluding diaryl/α,β-unsaturated/α-hetero) is 2. The van der Waals surface area contributed by atoms with E-state index in [1.54, 1.807) is 13.8 Å². The molecule has 0 unspecified atom stereocenters. The summed E-state index contributed by atoms with van der Waals surface area (Å²) < 4.78 is 38.9. The molecule has 124 valence electrons. The molecule has 0 saturated heterocycles. The molecule has 0 radical (unpaired) electrons. The first-order chi connectivity index (χ1) is 10.5. The second-order valence-electron chi connectivity index (χ2n) is 6.37. The fourth-order valence-electron chi connectivity index (χ4n) is 2.57. The van der Waals surface area contributed by atoms with Gasteiger partial charge in [-0.1, -0.05) is 25.4 Å². The third-order valence-electron chi connectivity index (χ3n) is 3.63. The topological polar surface area (TPSA) is 46.5 Å². The number of benzene rings is 1. The molecule has 0 aromatic heterocycles. The molecule has 0 aliphatic heterocycles. The molecule has 7 heteroatoms. The highest BCUT2D eigenvalue weighted by atomic mass is 35.5. The van der Waals surface area contributed by atoms with Gasteiger partial charge in [0.25, 0.3) is 0 Å². The monoisotopic (exact) mass is 345 g/mol. The Morgan fingerprint density at radius 3 is 2.30 bits per heavy atom. The number of carbonyl (C=O) groups excluding carboxylic acids is 2. The molecule has 0 amide bonds. The third kappa shape index (κ3) is 4.19. The fraction of sp³-hybridized carbons (Fsp3) is 0.438. The molecule has 3 nitrogen and oxygen atoms in total. The van der Waals surface area contributed by atoms with Crippen LogP contribution in [0.2, 0.25) is 5.02 Å². The Labute approximate surface area is 136 Å². The molecular weight excluding hydrogens is 331 g/mol. The van der Waals surface area contributed by atoms with Crippen molar-refractivity contribution in [3.63, 3.8) is 0 Å². The van der Waals surface area contributed by atoms with Crippen LogP contribution in [0.1, 0.15) is 32.3 Å². The molecule has 1 aromatic carbocycles. The molecule has 0 N–H and O–H groups in total. The molecule has 0 bridgehead atoms. The van der Waals surface area contributed by atoms with E-state index in [0.29, 0.717) is 0 Å². The highest BCUT2D eigenvalue weighted by molar-refractivity contribution is 6.30. The molecule has 1 aromatic rings. The van der Waals surface area contributed by atoms with Gasteiger partial charge in [0.05, 0.1) is 11.3 Å². The van der Waals surface area contributed by atoms with Gasteiger partial charge in [0.15, 0.2) is 0 Å². The van der Waals surface area contributed by atoms with Crippen LogP contribution in [0.25, 0.3) is 0 Å². The van der Waals surface area contributed by atoms with E-state index in [2.05, 4.69) is 4.99 Å². The summed E-state index contributed by atoms with van der Waals surface area (Å²) in [5, 5.41) is -0.0668. The smallest absolute Gasteiger partial charge is 0.298 e. The quantitative estimate of drug-likeness (QED) is 0.579. The number of carbonyl (C=O) groups is 2. The Kier molecular flexibility index (Phi) is 4.66. The maximum Gasteiger partial charge on any atom is 0.418 e. The molecule has 1 aliphatic rings. The Morgan fingerprint density at radius 1 is 1.22 bits per heavy atom. The van der Waals surface area contributed by atoms with Gasteiger partial charge < -0.3 is 0 Å². The molecule has 0 atom stereocenters. The highest BCUT2D eigenvalue weighted by Gasteiger charge is 2.39. The Bertz CT molecular complexity index is 660. The number of hydrogen-bond donors (Lipinski definition) is 0. The van der Waals surface area contributed by atoms with Gasteiger partial charge in [-0.3, -0.25) is 14.6 Å². The summed E-state index contributed by atoms with van der Waals surface area (Å²) in [4.78, 5) is 27.8. The predicted molar refractivity (Wildman–Crippen MR) is 81.1 cm³/mol. The molecule has 0 spiro atoms. The first-order valence-electron chi connectivity index (χ1n) is 6.96. The number of alkyl halides is 3. The summed E-state index contributed by atoms with van der Waals surface area (Å²) in [5.74, 6) is -1.73. The van der Waals surface area contributed by atoms with E-state index < -0.39 is 23.1 Å². The van der Waals surface area contributed by atoms with Crippen molar-refractivity contribution in [2.45, 2.75) is 32.9 Å². The summed E-state index contributed by atoms with van der Waals surface area (Å²) in [6.45, 7) is 3.61. The second-order valence-corrected chi connectivity index (χ2v) is 6.80. The van der Waals surface area contributed by atoms with Gasteiger partial charge in [0, 0.05) is 24.1 Å². The molecule has 23 heavy (non-hydrogen) atoms. The molecular formula is C16H15ClF3NO2. The van der Waals surface area contributed by atoms with Crippen LogP contribution < -0.4 is 0 Å². The van der Waals surface area contributed by atoms with E-state index in [4.69, 9.17) is 11.6 Å². The van der Waals surface area contributed by atoms with Crippen LogP contribution >= 0.6 is 11.6 Å². The largest absolute Gasteiger partial charge is 0.418 e. The van der Waals surface area contributed by atoms with Gasteiger partial charge in [-0.15, -0.1) is 0 Å². The normalized spacial score (nSPS) is 19.6.